The normalized spacial score (nSPS) is 10.1. The lowest BCUT2D eigenvalue weighted by Gasteiger charge is -2.05. The van der Waals surface area contributed by atoms with Gasteiger partial charge in [0.25, 0.3) is 0 Å². The summed E-state index contributed by atoms with van der Waals surface area (Å²) in [7, 11) is 0. The number of rotatable bonds is 6. The van der Waals surface area contributed by atoms with E-state index in [2.05, 4.69) is 43.1 Å². The monoisotopic (exact) mass is 219 g/mol. The van der Waals surface area contributed by atoms with Gasteiger partial charge >= 0.3 is 5.97 Å². The highest BCUT2D eigenvalue weighted by atomic mass is 16.4. The van der Waals surface area contributed by atoms with Crippen LogP contribution in [0.25, 0.3) is 0 Å². The minimum absolute atomic E-state index is 0.185. The van der Waals surface area contributed by atoms with Gasteiger partial charge in [0.1, 0.15) is 0 Å². The molecule has 1 aromatic rings. The van der Waals surface area contributed by atoms with Crippen LogP contribution in [0.1, 0.15) is 18.1 Å². The molecule has 0 saturated carbocycles. The number of carboxylic acid groups (broad SMARTS) is 1. The third kappa shape index (κ3) is 3.87. The van der Waals surface area contributed by atoms with Gasteiger partial charge in [0.2, 0.25) is 0 Å². The molecule has 2 N–H and O–H groups in total. The van der Waals surface area contributed by atoms with Gasteiger partial charge < -0.3 is 10.4 Å². The molecule has 3 heteroatoms. The molecule has 0 aliphatic heterocycles. The van der Waals surface area contributed by atoms with E-state index >= 15 is 0 Å². The van der Waals surface area contributed by atoms with E-state index in [4.69, 9.17) is 5.11 Å². The Hall–Kier alpha value is -1.61. The van der Waals surface area contributed by atoms with Crippen molar-refractivity contribution in [2.24, 2.45) is 0 Å². The van der Waals surface area contributed by atoms with Crippen LogP contribution in [-0.4, -0.2) is 17.6 Å². The molecule has 86 valence electrons. The largest absolute Gasteiger partial charge is 0.478 e. The Morgan fingerprint density at radius 1 is 1.31 bits per heavy atom. The van der Waals surface area contributed by atoms with Crippen molar-refractivity contribution < 1.29 is 9.90 Å². The summed E-state index contributed by atoms with van der Waals surface area (Å²) in [4.78, 5) is 10.5. The molecular formula is C13H17NO2. The Morgan fingerprint density at radius 3 is 2.38 bits per heavy atom. The van der Waals surface area contributed by atoms with Gasteiger partial charge in [-0.25, -0.2) is 4.79 Å². The minimum Gasteiger partial charge on any atom is -0.478 e. The van der Waals surface area contributed by atoms with Crippen molar-refractivity contribution in [3.8, 4) is 0 Å². The van der Waals surface area contributed by atoms with Gasteiger partial charge in [-0.15, -0.1) is 0 Å². The van der Waals surface area contributed by atoms with E-state index < -0.39 is 5.97 Å². The third-order valence-electron chi connectivity index (χ3n) is 2.40. The first-order valence-corrected chi connectivity index (χ1v) is 5.33. The first kappa shape index (κ1) is 12.5. The molecule has 0 aromatic heterocycles. The molecule has 1 aromatic carbocycles. The predicted molar refractivity (Wildman–Crippen MR) is 64.3 cm³/mol. The van der Waals surface area contributed by atoms with E-state index in [1.165, 1.54) is 5.56 Å². The van der Waals surface area contributed by atoms with E-state index in [1.807, 2.05) is 0 Å². The fraction of sp³-hybridized carbons (Fsp3) is 0.308. The van der Waals surface area contributed by atoms with Crippen molar-refractivity contribution in [2.45, 2.75) is 19.9 Å². The van der Waals surface area contributed by atoms with Gasteiger partial charge in [0.15, 0.2) is 0 Å². The van der Waals surface area contributed by atoms with Crippen LogP contribution in [0.2, 0.25) is 0 Å². The predicted octanol–water partition coefficient (Wildman–Crippen LogP) is 1.98. The van der Waals surface area contributed by atoms with E-state index in [1.54, 1.807) is 0 Å². The van der Waals surface area contributed by atoms with Gasteiger partial charge in [-0.2, -0.15) is 0 Å². The third-order valence-corrected chi connectivity index (χ3v) is 2.40. The highest BCUT2D eigenvalue weighted by Crippen LogP contribution is 2.04. The second-order valence-corrected chi connectivity index (χ2v) is 3.68. The van der Waals surface area contributed by atoms with Crippen LogP contribution >= 0.6 is 0 Å². The van der Waals surface area contributed by atoms with Crippen molar-refractivity contribution in [3.05, 3.63) is 47.5 Å². The van der Waals surface area contributed by atoms with Crippen LogP contribution in [0.5, 0.6) is 0 Å². The average Bonchev–Trinajstić information content (AvgIpc) is 2.29. The van der Waals surface area contributed by atoms with E-state index in [0.717, 1.165) is 12.0 Å². The zero-order valence-electron chi connectivity index (χ0n) is 9.49. The summed E-state index contributed by atoms with van der Waals surface area (Å²) in [6, 6.07) is 8.27. The highest BCUT2D eigenvalue weighted by molar-refractivity contribution is 5.86. The molecule has 0 aliphatic rings. The summed E-state index contributed by atoms with van der Waals surface area (Å²) in [5.41, 5.74) is 2.64. The quantitative estimate of drug-likeness (QED) is 0.719. The Labute approximate surface area is 95.8 Å². The molecule has 0 fully saturated rings. The van der Waals surface area contributed by atoms with Crippen molar-refractivity contribution in [1.82, 2.24) is 5.32 Å². The molecule has 0 heterocycles. The number of benzene rings is 1. The van der Waals surface area contributed by atoms with E-state index in [0.29, 0.717) is 13.1 Å². The van der Waals surface area contributed by atoms with Crippen LogP contribution in [0.15, 0.2) is 36.4 Å². The van der Waals surface area contributed by atoms with Gasteiger partial charge in [-0.05, 0) is 17.5 Å². The second-order valence-electron chi connectivity index (χ2n) is 3.68. The molecule has 0 saturated heterocycles. The maximum Gasteiger partial charge on any atom is 0.332 e. The van der Waals surface area contributed by atoms with Crippen LogP contribution < -0.4 is 5.32 Å². The molecule has 0 unspecified atom stereocenters. The van der Waals surface area contributed by atoms with Crippen LogP contribution in [0, 0.1) is 0 Å². The SMILES string of the molecule is C=C(CNCc1ccc(CC)cc1)C(=O)O. The van der Waals surface area contributed by atoms with Crippen molar-refractivity contribution in [3.63, 3.8) is 0 Å². The summed E-state index contributed by atoms with van der Waals surface area (Å²) < 4.78 is 0. The lowest BCUT2D eigenvalue weighted by atomic mass is 10.1. The zero-order chi connectivity index (χ0) is 12.0. The molecule has 0 aliphatic carbocycles. The van der Waals surface area contributed by atoms with Crippen LogP contribution in [0.4, 0.5) is 0 Å². The molecule has 0 bridgehead atoms. The summed E-state index contributed by atoms with van der Waals surface area (Å²) in [6.45, 7) is 6.54. The molecule has 16 heavy (non-hydrogen) atoms. The number of aryl methyl sites for hydroxylation is 1. The highest BCUT2D eigenvalue weighted by Gasteiger charge is 2.02. The average molecular weight is 219 g/mol. The number of hydrogen-bond acceptors (Lipinski definition) is 2. The molecule has 0 amide bonds. The summed E-state index contributed by atoms with van der Waals surface area (Å²) in [6.07, 6.45) is 1.03. The molecule has 0 radical (unpaired) electrons. The Bertz CT molecular complexity index is 368. The van der Waals surface area contributed by atoms with Gasteiger partial charge in [-0.3, -0.25) is 0 Å². The number of aliphatic carboxylic acids is 1. The fourth-order valence-corrected chi connectivity index (χ4v) is 1.33. The van der Waals surface area contributed by atoms with Gasteiger partial charge in [0, 0.05) is 18.7 Å². The lowest BCUT2D eigenvalue weighted by molar-refractivity contribution is -0.132. The number of hydrogen-bond donors (Lipinski definition) is 2. The van der Waals surface area contributed by atoms with E-state index in [9.17, 15) is 4.79 Å². The topological polar surface area (TPSA) is 49.3 Å². The molecular weight excluding hydrogens is 202 g/mol. The Morgan fingerprint density at radius 2 is 1.88 bits per heavy atom. The standard InChI is InChI=1S/C13H17NO2/c1-3-11-4-6-12(7-5-11)9-14-8-10(2)13(15)16/h4-7,14H,2-3,8-9H2,1H3,(H,15,16). The fourth-order valence-electron chi connectivity index (χ4n) is 1.33. The van der Waals surface area contributed by atoms with Crippen LogP contribution in [0.3, 0.4) is 0 Å². The Balaban J connectivity index is 2.37. The lowest BCUT2D eigenvalue weighted by Crippen LogP contribution is -2.19. The molecule has 0 atom stereocenters. The Kier molecular flexibility index (Phi) is 4.73. The maximum atomic E-state index is 10.5. The smallest absolute Gasteiger partial charge is 0.332 e. The van der Waals surface area contributed by atoms with E-state index in [-0.39, 0.29) is 5.57 Å². The number of nitrogens with one attached hydrogen (secondary N) is 1. The molecule has 1 rings (SSSR count). The first-order valence-electron chi connectivity index (χ1n) is 5.33. The van der Waals surface area contributed by atoms with Crippen molar-refractivity contribution in [2.75, 3.05) is 6.54 Å². The number of carboxylic acids is 1. The minimum atomic E-state index is -0.950. The first-order chi connectivity index (χ1) is 7.63. The summed E-state index contributed by atoms with van der Waals surface area (Å²) in [5, 5.41) is 11.6. The van der Waals surface area contributed by atoms with Crippen molar-refractivity contribution >= 4 is 5.97 Å². The maximum absolute atomic E-state index is 10.5. The zero-order valence-corrected chi connectivity index (χ0v) is 9.49. The molecule has 3 nitrogen and oxygen atoms in total. The summed E-state index contributed by atoms with van der Waals surface area (Å²) >= 11 is 0. The summed E-state index contributed by atoms with van der Waals surface area (Å²) in [5.74, 6) is -0.950. The van der Waals surface area contributed by atoms with Crippen LogP contribution in [-0.2, 0) is 17.8 Å². The van der Waals surface area contributed by atoms with Crippen molar-refractivity contribution in [1.29, 1.82) is 0 Å². The van der Waals surface area contributed by atoms with Gasteiger partial charge in [-0.1, -0.05) is 37.8 Å². The number of carbonyl (C=O) groups is 1. The van der Waals surface area contributed by atoms with Gasteiger partial charge in [0.05, 0.1) is 0 Å². The second kappa shape index (κ2) is 6.08. The molecule has 0 spiro atoms.